The van der Waals surface area contributed by atoms with Gasteiger partial charge in [0.1, 0.15) is 6.17 Å². The largest absolute Gasteiger partial charge is 0.391 e. The van der Waals surface area contributed by atoms with Gasteiger partial charge in [-0.05, 0) is 12.8 Å². The third kappa shape index (κ3) is 7.36. The van der Waals surface area contributed by atoms with E-state index in [0.717, 1.165) is 0 Å². The van der Waals surface area contributed by atoms with Gasteiger partial charge in [-0.15, -0.1) is 6.58 Å². The number of halogens is 4. The predicted molar refractivity (Wildman–Crippen MR) is 35.0 cm³/mol. The highest BCUT2D eigenvalue weighted by molar-refractivity contribution is 4.71. The maximum Gasteiger partial charge on any atom is 0.391 e. The summed E-state index contributed by atoms with van der Waals surface area (Å²) in [4.78, 5) is 0. The smallest absolute Gasteiger partial charge is 0.247 e. The Balaban J connectivity index is 3.51. The van der Waals surface area contributed by atoms with Crippen LogP contribution in [-0.4, -0.2) is 12.3 Å². The van der Waals surface area contributed by atoms with Gasteiger partial charge in [0.15, 0.2) is 0 Å². The molecule has 4 heteroatoms. The van der Waals surface area contributed by atoms with E-state index in [1.165, 1.54) is 6.08 Å². The summed E-state index contributed by atoms with van der Waals surface area (Å²) in [5.41, 5.74) is 0. The molecule has 1 unspecified atom stereocenters. The minimum absolute atomic E-state index is 0.0942. The molecule has 1 atom stereocenters. The molecule has 0 nitrogen and oxygen atoms in total. The average Bonchev–Trinajstić information content (AvgIpc) is 1.79. The summed E-state index contributed by atoms with van der Waals surface area (Å²) < 4.78 is 46.7. The summed E-state index contributed by atoms with van der Waals surface area (Å²) in [5, 5.41) is 0. The monoisotopic (exact) mass is 170 g/mol. The standard InChI is InChI=1S/C7H10F4/c1-2-3-4-6(8)5-7(9,10)11/h2,6H,1,3-5H2. The molecular formula is C7H10F4. The molecule has 0 radical (unpaired) electrons. The molecule has 0 aromatic heterocycles. The molecule has 0 heterocycles. The molecule has 66 valence electrons. The minimum atomic E-state index is -4.39. The van der Waals surface area contributed by atoms with E-state index in [1.54, 1.807) is 0 Å². The Morgan fingerprint density at radius 2 is 1.91 bits per heavy atom. The van der Waals surface area contributed by atoms with Crippen LogP contribution in [0.4, 0.5) is 17.6 Å². The first-order chi connectivity index (χ1) is 4.95. The Morgan fingerprint density at radius 1 is 1.36 bits per heavy atom. The van der Waals surface area contributed by atoms with Crippen molar-refractivity contribution in [1.82, 2.24) is 0 Å². The molecule has 0 aliphatic carbocycles. The number of alkyl halides is 4. The van der Waals surface area contributed by atoms with Gasteiger partial charge in [0.2, 0.25) is 0 Å². The van der Waals surface area contributed by atoms with Crippen molar-refractivity contribution >= 4 is 0 Å². The maximum absolute atomic E-state index is 12.3. The molecule has 0 saturated heterocycles. The molecule has 11 heavy (non-hydrogen) atoms. The maximum atomic E-state index is 12.3. The number of hydrogen-bond acceptors (Lipinski definition) is 0. The second kappa shape index (κ2) is 4.36. The summed E-state index contributed by atoms with van der Waals surface area (Å²) >= 11 is 0. The second-order valence-corrected chi connectivity index (χ2v) is 2.28. The van der Waals surface area contributed by atoms with Crippen molar-refractivity contribution in [2.45, 2.75) is 31.6 Å². The highest BCUT2D eigenvalue weighted by Gasteiger charge is 2.31. The highest BCUT2D eigenvalue weighted by atomic mass is 19.4. The van der Waals surface area contributed by atoms with Crippen LogP contribution in [0.2, 0.25) is 0 Å². The van der Waals surface area contributed by atoms with E-state index in [0.29, 0.717) is 0 Å². The predicted octanol–water partition coefficient (Wildman–Crippen LogP) is 3.24. The second-order valence-electron chi connectivity index (χ2n) is 2.28. The van der Waals surface area contributed by atoms with Crippen LogP contribution in [0, 0.1) is 0 Å². The molecule has 0 bridgehead atoms. The Hall–Kier alpha value is -0.540. The Bertz CT molecular complexity index is 116. The van der Waals surface area contributed by atoms with Gasteiger partial charge in [-0.2, -0.15) is 13.2 Å². The normalized spacial score (nSPS) is 14.5. The minimum Gasteiger partial charge on any atom is -0.247 e. The van der Waals surface area contributed by atoms with E-state index in [9.17, 15) is 17.6 Å². The summed E-state index contributed by atoms with van der Waals surface area (Å²) in [6, 6.07) is 0. The molecule has 0 N–H and O–H groups in total. The fourth-order valence-electron chi connectivity index (χ4n) is 0.652. The zero-order chi connectivity index (χ0) is 8.91. The topological polar surface area (TPSA) is 0 Å². The van der Waals surface area contributed by atoms with E-state index < -0.39 is 18.8 Å². The summed E-state index contributed by atoms with van der Waals surface area (Å²) in [6.45, 7) is 3.28. The molecule has 0 aromatic carbocycles. The van der Waals surface area contributed by atoms with E-state index in [4.69, 9.17) is 0 Å². The summed E-state index contributed by atoms with van der Waals surface area (Å²) in [7, 11) is 0. The van der Waals surface area contributed by atoms with Crippen molar-refractivity contribution in [3.63, 3.8) is 0 Å². The van der Waals surface area contributed by atoms with Crippen molar-refractivity contribution < 1.29 is 17.6 Å². The fraction of sp³-hybridized carbons (Fsp3) is 0.714. The lowest BCUT2D eigenvalue weighted by atomic mass is 10.1. The van der Waals surface area contributed by atoms with Gasteiger partial charge in [-0.1, -0.05) is 6.08 Å². The van der Waals surface area contributed by atoms with Gasteiger partial charge in [-0.25, -0.2) is 4.39 Å². The van der Waals surface area contributed by atoms with Crippen LogP contribution in [0.1, 0.15) is 19.3 Å². The molecule has 0 saturated carbocycles. The zero-order valence-corrected chi connectivity index (χ0v) is 5.99. The van der Waals surface area contributed by atoms with Gasteiger partial charge >= 0.3 is 6.18 Å². The van der Waals surface area contributed by atoms with Crippen LogP contribution in [-0.2, 0) is 0 Å². The summed E-state index contributed by atoms with van der Waals surface area (Å²) in [6.07, 6.45) is -5.92. The Labute approximate surface area is 62.9 Å². The number of allylic oxidation sites excluding steroid dienone is 1. The van der Waals surface area contributed by atoms with Crippen LogP contribution in [0.25, 0.3) is 0 Å². The third-order valence-corrected chi connectivity index (χ3v) is 1.14. The Morgan fingerprint density at radius 3 is 2.27 bits per heavy atom. The van der Waals surface area contributed by atoms with Crippen LogP contribution >= 0.6 is 0 Å². The van der Waals surface area contributed by atoms with Crippen LogP contribution in [0.5, 0.6) is 0 Å². The lowest BCUT2D eigenvalue weighted by molar-refractivity contribution is -0.146. The lowest BCUT2D eigenvalue weighted by Gasteiger charge is -2.09. The van der Waals surface area contributed by atoms with E-state index in [2.05, 4.69) is 6.58 Å². The molecule has 0 amide bonds. The van der Waals surface area contributed by atoms with Crippen molar-refractivity contribution in [2.75, 3.05) is 0 Å². The SMILES string of the molecule is C=CCCC(F)CC(F)(F)F. The van der Waals surface area contributed by atoms with Gasteiger partial charge in [0.25, 0.3) is 0 Å². The number of rotatable bonds is 4. The van der Waals surface area contributed by atoms with Gasteiger partial charge in [0, 0.05) is 0 Å². The number of hydrogen-bond donors (Lipinski definition) is 0. The van der Waals surface area contributed by atoms with Crippen molar-refractivity contribution in [2.24, 2.45) is 0 Å². The average molecular weight is 170 g/mol. The van der Waals surface area contributed by atoms with Crippen molar-refractivity contribution in [3.8, 4) is 0 Å². The van der Waals surface area contributed by atoms with E-state index in [-0.39, 0.29) is 12.8 Å². The molecule has 0 aliphatic heterocycles. The van der Waals surface area contributed by atoms with Crippen LogP contribution < -0.4 is 0 Å². The molecule has 0 aromatic rings. The van der Waals surface area contributed by atoms with Crippen LogP contribution in [0.3, 0.4) is 0 Å². The highest BCUT2D eigenvalue weighted by Crippen LogP contribution is 2.24. The van der Waals surface area contributed by atoms with Crippen molar-refractivity contribution in [3.05, 3.63) is 12.7 Å². The first-order valence-corrected chi connectivity index (χ1v) is 3.27. The lowest BCUT2D eigenvalue weighted by Crippen LogP contribution is -2.15. The van der Waals surface area contributed by atoms with Crippen molar-refractivity contribution in [1.29, 1.82) is 0 Å². The molecule has 0 aliphatic rings. The van der Waals surface area contributed by atoms with E-state index in [1.807, 2.05) is 0 Å². The first-order valence-electron chi connectivity index (χ1n) is 3.27. The van der Waals surface area contributed by atoms with Crippen LogP contribution in [0.15, 0.2) is 12.7 Å². The van der Waals surface area contributed by atoms with E-state index >= 15 is 0 Å². The quantitative estimate of drug-likeness (QED) is 0.448. The molecule has 0 fully saturated rings. The molecule has 0 rings (SSSR count). The zero-order valence-electron chi connectivity index (χ0n) is 5.99. The van der Waals surface area contributed by atoms with Gasteiger partial charge in [0.05, 0.1) is 6.42 Å². The summed E-state index contributed by atoms with van der Waals surface area (Å²) in [5.74, 6) is 0. The fourth-order valence-corrected chi connectivity index (χ4v) is 0.652. The van der Waals surface area contributed by atoms with Gasteiger partial charge in [-0.3, -0.25) is 0 Å². The molecule has 0 spiro atoms. The molecular weight excluding hydrogens is 160 g/mol. The van der Waals surface area contributed by atoms with Gasteiger partial charge < -0.3 is 0 Å². The Kier molecular flexibility index (Phi) is 4.15. The third-order valence-electron chi connectivity index (χ3n) is 1.14. The first kappa shape index (κ1) is 10.5.